The molecule has 0 atom stereocenters. The van der Waals surface area contributed by atoms with Crippen molar-refractivity contribution in [3.63, 3.8) is 0 Å². The van der Waals surface area contributed by atoms with Crippen LogP contribution in [0, 0.1) is 11.3 Å². The van der Waals surface area contributed by atoms with Gasteiger partial charge in [-0.05, 0) is 18.2 Å². The number of benzene rings is 1. The molecule has 0 spiro atoms. The molecular formula is C18H11ClF3N7O. The van der Waals surface area contributed by atoms with Crippen molar-refractivity contribution in [2.24, 2.45) is 0 Å². The zero-order valence-electron chi connectivity index (χ0n) is 15.0. The summed E-state index contributed by atoms with van der Waals surface area (Å²) in [6, 6.07) is 7.97. The second-order valence-electron chi connectivity index (χ2n) is 6.08. The molecule has 0 saturated carbocycles. The summed E-state index contributed by atoms with van der Waals surface area (Å²) in [5.74, 6) is 0.334. The van der Waals surface area contributed by atoms with E-state index in [0.717, 1.165) is 10.7 Å². The van der Waals surface area contributed by atoms with Crippen LogP contribution in [0.2, 0.25) is 5.02 Å². The minimum Gasteiger partial charge on any atom is -0.422 e. The molecule has 0 N–H and O–H groups in total. The number of fused-ring (bicyclic) bond motifs is 1. The molecule has 12 heteroatoms. The summed E-state index contributed by atoms with van der Waals surface area (Å²) in [5.41, 5.74) is -0.339. The van der Waals surface area contributed by atoms with E-state index in [9.17, 15) is 18.4 Å². The molecule has 3 aromatic heterocycles. The van der Waals surface area contributed by atoms with E-state index in [1.165, 1.54) is 23.3 Å². The smallest absolute Gasteiger partial charge is 0.422 e. The van der Waals surface area contributed by atoms with Crippen LogP contribution < -0.4 is 4.74 Å². The van der Waals surface area contributed by atoms with Gasteiger partial charge in [0.05, 0.1) is 30.5 Å². The number of nitrogens with zero attached hydrogens (tertiary/aromatic N) is 7. The molecular weight excluding hydrogens is 423 g/mol. The quantitative estimate of drug-likeness (QED) is 0.471. The van der Waals surface area contributed by atoms with Gasteiger partial charge in [-0.25, -0.2) is 9.97 Å². The highest BCUT2D eigenvalue weighted by Crippen LogP contribution is 2.31. The predicted octanol–water partition coefficient (Wildman–Crippen LogP) is 4.06. The van der Waals surface area contributed by atoms with Gasteiger partial charge in [0.2, 0.25) is 0 Å². The average Bonchev–Trinajstić information content (AvgIpc) is 3.33. The van der Waals surface area contributed by atoms with Gasteiger partial charge < -0.3 is 4.74 Å². The Bertz CT molecular complexity index is 1240. The Morgan fingerprint density at radius 2 is 1.87 bits per heavy atom. The van der Waals surface area contributed by atoms with Gasteiger partial charge in [0.15, 0.2) is 17.1 Å². The maximum Gasteiger partial charge on any atom is 0.435 e. The van der Waals surface area contributed by atoms with E-state index in [1.54, 1.807) is 18.2 Å². The van der Waals surface area contributed by atoms with Crippen LogP contribution in [-0.2, 0) is 19.3 Å². The molecule has 0 aliphatic carbocycles. The van der Waals surface area contributed by atoms with Gasteiger partial charge in [0.1, 0.15) is 11.6 Å². The number of rotatable bonds is 5. The molecule has 152 valence electrons. The lowest BCUT2D eigenvalue weighted by molar-refractivity contribution is -0.141. The number of aromatic nitrogens is 6. The Morgan fingerprint density at radius 1 is 1.10 bits per heavy atom. The fourth-order valence-corrected chi connectivity index (χ4v) is 2.91. The van der Waals surface area contributed by atoms with Gasteiger partial charge in [0, 0.05) is 11.6 Å². The summed E-state index contributed by atoms with van der Waals surface area (Å²) < 4.78 is 46.6. The maximum atomic E-state index is 12.7. The largest absolute Gasteiger partial charge is 0.435 e. The minimum atomic E-state index is -4.52. The molecule has 30 heavy (non-hydrogen) atoms. The molecule has 1 aromatic carbocycles. The highest BCUT2D eigenvalue weighted by molar-refractivity contribution is 6.30. The highest BCUT2D eigenvalue weighted by atomic mass is 35.5. The van der Waals surface area contributed by atoms with Crippen LogP contribution in [0.3, 0.4) is 0 Å². The van der Waals surface area contributed by atoms with Crippen molar-refractivity contribution < 1.29 is 17.9 Å². The van der Waals surface area contributed by atoms with Crippen LogP contribution in [0.1, 0.15) is 11.4 Å². The lowest BCUT2D eigenvalue weighted by atomic mass is 10.2. The summed E-state index contributed by atoms with van der Waals surface area (Å²) >= 11 is 5.78. The first-order valence-electron chi connectivity index (χ1n) is 8.51. The Balaban J connectivity index is 1.66. The van der Waals surface area contributed by atoms with E-state index in [2.05, 4.69) is 20.2 Å². The maximum absolute atomic E-state index is 12.7. The zero-order valence-corrected chi connectivity index (χ0v) is 15.8. The highest BCUT2D eigenvalue weighted by Gasteiger charge is 2.33. The number of hydrogen-bond donors (Lipinski definition) is 0. The molecule has 0 radical (unpaired) electrons. The lowest BCUT2D eigenvalue weighted by Gasteiger charge is -2.09. The summed E-state index contributed by atoms with van der Waals surface area (Å²) in [6.45, 7) is 0.252. The van der Waals surface area contributed by atoms with Crippen LogP contribution in [0.15, 0.2) is 42.9 Å². The van der Waals surface area contributed by atoms with E-state index in [4.69, 9.17) is 16.3 Å². The van der Waals surface area contributed by atoms with Crippen molar-refractivity contribution in [2.75, 3.05) is 0 Å². The average molecular weight is 434 g/mol. The lowest BCUT2D eigenvalue weighted by Crippen LogP contribution is -2.12. The second kappa shape index (κ2) is 7.64. The van der Waals surface area contributed by atoms with Crippen molar-refractivity contribution in [3.8, 4) is 17.8 Å². The first-order chi connectivity index (χ1) is 14.3. The number of para-hydroxylation sites is 1. The zero-order chi connectivity index (χ0) is 21.3. The van der Waals surface area contributed by atoms with Gasteiger partial charge in [-0.15, -0.1) is 0 Å². The van der Waals surface area contributed by atoms with E-state index >= 15 is 0 Å². The molecule has 4 aromatic rings. The third-order valence-electron chi connectivity index (χ3n) is 4.11. The minimum absolute atomic E-state index is 0.0417. The molecule has 0 saturated heterocycles. The van der Waals surface area contributed by atoms with Crippen LogP contribution >= 0.6 is 11.6 Å². The molecule has 4 rings (SSSR count). The number of nitriles is 1. The Morgan fingerprint density at radius 3 is 2.53 bits per heavy atom. The Hall–Kier alpha value is -3.65. The van der Waals surface area contributed by atoms with Crippen LogP contribution in [0.4, 0.5) is 13.2 Å². The topological polar surface area (TPSA) is 94.4 Å². The summed E-state index contributed by atoms with van der Waals surface area (Å²) in [5, 5.41) is 18.0. The molecule has 0 bridgehead atoms. The van der Waals surface area contributed by atoms with Gasteiger partial charge >= 0.3 is 12.2 Å². The molecule has 0 unspecified atom stereocenters. The van der Waals surface area contributed by atoms with Gasteiger partial charge in [-0.3, -0.25) is 9.36 Å². The SMILES string of the molecule is N#Cc1nn(CCn2ccc(C(F)(F)F)n2)c2c(Oc3ncc(Cl)cn3)cccc12. The van der Waals surface area contributed by atoms with E-state index in [-0.39, 0.29) is 24.8 Å². The number of aryl methyl sites for hydroxylation is 2. The van der Waals surface area contributed by atoms with Crippen molar-refractivity contribution in [1.82, 2.24) is 29.5 Å². The van der Waals surface area contributed by atoms with E-state index in [0.29, 0.717) is 21.7 Å². The third-order valence-corrected chi connectivity index (χ3v) is 4.30. The predicted molar refractivity (Wildman–Crippen MR) is 98.8 cm³/mol. The van der Waals surface area contributed by atoms with Crippen LogP contribution in [0.25, 0.3) is 10.9 Å². The summed E-state index contributed by atoms with van der Waals surface area (Å²) in [7, 11) is 0. The van der Waals surface area contributed by atoms with Gasteiger partial charge in [-0.2, -0.15) is 28.6 Å². The first-order valence-corrected chi connectivity index (χ1v) is 8.88. The standard InChI is InChI=1S/C18H11ClF3N7O/c19-11-9-24-17(25-10-11)30-14-3-1-2-12-13(8-23)26-29(16(12)14)7-6-28-5-4-15(27-28)18(20,21)22/h1-5,9-10H,6-7H2. The molecule has 8 nitrogen and oxygen atoms in total. The fraction of sp³-hybridized carbons (Fsp3) is 0.167. The summed E-state index contributed by atoms with van der Waals surface area (Å²) in [6.07, 6.45) is -0.536. The van der Waals surface area contributed by atoms with Crippen molar-refractivity contribution in [3.05, 3.63) is 59.3 Å². The third kappa shape index (κ3) is 3.90. The summed E-state index contributed by atoms with van der Waals surface area (Å²) in [4.78, 5) is 7.95. The van der Waals surface area contributed by atoms with Crippen molar-refractivity contribution in [1.29, 1.82) is 5.26 Å². The molecule has 0 amide bonds. The van der Waals surface area contributed by atoms with E-state index in [1.807, 2.05) is 6.07 Å². The van der Waals surface area contributed by atoms with Crippen LogP contribution in [0.5, 0.6) is 11.8 Å². The number of alkyl halides is 3. The van der Waals surface area contributed by atoms with E-state index < -0.39 is 11.9 Å². The molecule has 0 fully saturated rings. The Labute approximate surface area is 172 Å². The number of halogens is 4. The molecule has 0 aliphatic heterocycles. The molecule has 0 aliphatic rings. The second-order valence-corrected chi connectivity index (χ2v) is 6.52. The number of ether oxygens (including phenoxy) is 1. The monoisotopic (exact) mass is 433 g/mol. The normalized spacial score (nSPS) is 11.6. The Kier molecular flexibility index (Phi) is 5.01. The van der Waals surface area contributed by atoms with Gasteiger partial charge in [0.25, 0.3) is 0 Å². The first kappa shape index (κ1) is 19.7. The van der Waals surface area contributed by atoms with Gasteiger partial charge in [-0.1, -0.05) is 17.7 Å². The van der Waals surface area contributed by atoms with Crippen molar-refractivity contribution >= 4 is 22.5 Å². The number of hydrogen-bond acceptors (Lipinski definition) is 6. The van der Waals surface area contributed by atoms with Crippen LogP contribution in [-0.4, -0.2) is 29.5 Å². The fourth-order valence-electron chi connectivity index (χ4n) is 2.82. The van der Waals surface area contributed by atoms with Crippen molar-refractivity contribution in [2.45, 2.75) is 19.3 Å². The molecule has 3 heterocycles.